The summed E-state index contributed by atoms with van der Waals surface area (Å²) < 4.78 is 0. The van der Waals surface area contributed by atoms with Crippen molar-refractivity contribution in [3.05, 3.63) is 29.9 Å². The van der Waals surface area contributed by atoms with Crippen LogP contribution in [0.15, 0.2) is 24.2 Å². The molecule has 64 valence electrons. The van der Waals surface area contributed by atoms with Gasteiger partial charge in [0.05, 0.1) is 6.20 Å². The first kappa shape index (κ1) is 9.38. The lowest BCUT2D eigenvalue weighted by molar-refractivity contribution is 1.17. The minimum absolute atomic E-state index is 0.0527. The van der Waals surface area contributed by atoms with Crippen molar-refractivity contribution in [1.82, 2.24) is 9.97 Å². The third-order valence-electron chi connectivity index (χ3n) is 1.40. The van der Waals surface area contributed by atoms with Crippen molar-refractivity contribution in [2.75, 3.05) is 0 Å². The lowest BCUT2D eigenvalue weighted by Crippen LogP contribution is -1.91. The summed E-state index contributed by atoms with van der Waals surface area (Å²) in [6.07, 6.45) is 4.16. The summed E-state index contributed by atoms with van der Waals surface area (Å²) in [5.41, 5.74) is -0.0794. The highest BCUT2D eigenvalue weighted by Crippen LogP contribution is 2.13. The number of aromatic nitrogens is 2. The highest BCUT2D eigenvalue weighted by molar-refractivity contribution is 5.82. The van der Waals surface area contributed by atoms with E-state index in [9.17, 15) is 0 Å². The zero-order valence-corrected chi connectivity index (χ0v) is 6.97. The van der Waals surface area contributed by atoms with Gasteiger partial charge >= 0.3 is 0 Å². The summed E-state index contributed by atoms with van der Waals surface area (Å²) in [5.74, 6) is 0. The Morgan fingerprint density at radius 1 is 1.07 bits per heavy atom. The van der Waals surface area contributed by atoms with E-state index >= 15 is 0 Å². The summed E-state index contributed by atoms with van der Waals surface area (Å²) >= 11 is 0. The first-order valence-corrected chi connectivity index (χ1v) is 3.54. The van der Waals surface area contributed by atoms with Gasteiger partial charge in [0.2, 0.25) is 0 Å². The predicted molar refractivity (Wildman–Crippen MR) is 45.8 cm³/mol. The molecule has 0 N–H and O–H groups in total. The van der Waals surface area contributed by atoms with Gasteiger partial charge in [-0.15, -0.1) is 0 Å². The topological polar surface area (TPSA) is 97.2 Å². The molecule has 14 heavy (non-hydrogen) atoms. The fraction of sp³-hybridized carbons (Fsp3) is 0. The molecule has 0 fully saturated rings. The smallest absolute Gasteiger partial charge is 0.149 e. The van der Waals surface area contributed by atoms with E-state index in [1.165, 1.54) is 18.6 Å². The van der Waals surface area contributed by atoms with Crippen LogP contribution in [0.3, 0.4) is 0 Å². The monoisotopic (exact) mass is 181 g/mol. The van der Waals surface area contributed by atoms with Gasteiger partial charge in [0.15, 0.2) is 0 Å². The van der Waals surface area contributed by atoms with Crippen LogP contribution >= 0.6 is 0 Å². The van der Waals surface area contributed by atoms with Crippen molar-refractivity contribution in [3.63, 3.8) is 0 Å². The molecule has 0 amide bonds. The molecule has 5 nitrogen and oxygen atoms in total. The molecule has 0 aliphatic rings. The zero-order chi connectivity index (χ0) is 10.4. The maximum atomic E-state index is 8.73. The van der Waals surface area contributed by atoms with Crippen LogP contribution < -0.4 is 0 Å². The van der Waals surface area contributed by atoms with Gasteiger partial charge < -0.3 is 0 Å². The second-order valence-corrected chi connectivity index (χ2v) is 2.18. The number of rotatable bonds is 1. The fourth-order valence-electron chi connectivity index (χ4n) is 0.806. The first-order chi connectivity index (χ1) is 6.83. The van der Waals surface area contributed by atoms with Gasteiger partial charge in [0, 0.05) is 12.4 Å². The summed E-state index contributed by atoms with van der Waals surface area (Å²) in [6, 6.07) is 5.01. The molecule has 0 radical (unpaired) electrons. The van der Waals surface area contributed by atoms with Crippen LogP contribution in [0, 0.1) is 34.0 Å². The lowest BCUT2D eigenvalue weighted by Gasteiger charge is -1.94. The number of allylic oxidation sites excluding steroid dienone is 2. The van der Waals surface area contributed by atoms with Crippen LogP contribution in [0.4, 0.5) is 0 Å². The summed E-state index contributed by atoms with van der Waals surface area (Å²) in [7, 11) is 0. The van der Waals surface area contributed by atoms with E-state index in [2.05, 4.69) is 9.97 Å². The second kappa shape index (κ2) is 4.35. The van der Waals surface area contributed by atoms with Crippen LogP contribution in [0.25, 0.3) is 5.57 Å². The second-order valence-electron chi connectivity index (χ2n) is 2.18. The molecule has 0 saturated carbocycles. The van der Waals surface area contributed by atoms with Gasteiger partial charge in [0.1, 0.15) is 35.0 Å². The normalized spacial score (nSPS) is 7.79. The summed E-state index contributed by atoms with van der Waals surface area (Å²) in [4.78, 5) is 7.56. The van der Waals surface area contributed by atoms with Crippen molar-refractivity contribution in [2.45, 2.75) is 0 Å². The van der Waals surface area contributed by atoms with Crippen LogP contribution in [0.1, 0.15) is 5.69 Å². The number of hydrogen-bond acceptors (Lipinski definition) is 5. The summed E-state index contributed by atoms with van der Waals surface area (Å²) in [5, 5.41) is 25.9. The van der Waals surface area contributed by atoms with Gasteiger partial charge in [-0.05, 0) is 0 Å². The Hall–Kier alpha value is -2.71. The molecule has 1 aromatic heterocycles. The molecule has 0 atom stereocenters. The molecule has 5 heteroatoms. The van der Waals surface area contributed by atoms with E-state index in [1.54, 1.807) is 18.2 Å². The molecule has 1 rings (SSSR count). The average molecular weight is 181 g/mol. The van der Waals surface area contributed by atoms with Crippen LogP contribution in [-0.2, 0) is 0 Å². The van der Waals surface area contributed by atoms with Gasteiger partial charge in [-0.25, -0.2) is 0 Å². The van der Waals surface area contributed by atoms with Gasteiger partial charge in [-0.1, -0.05) is 0 Å². The molecular formula is C9H3N5. The molecule has 0 bridgehead atoms. The van der Waals surface area contributed by atoms with E-state index < -0.39 is 0 Å². The van der Waals surface area contributed by atoms with E-state index in [1.807, 2.05) is 0 Å². The number of nitrogens with zero attached hydrogens (tertiary/aromatic N) is 5. The Bertz CT molecular complexity index is 465. The average Bonchev–Trinajstić information content (AvgIpc) is 2.27. The van der Waals surface area contributed by atoms with Crippen molar-refractivity contribution in [1.29, 1.82) is 15.8 Å². The number of hydrogen-bond donors (Lipinski definition) is 0. The number of nitriles is 3. The van der Waals surface area contributed by atoms with Crippen LogP contribution in [0.2, 0.25) is 0 Å². The molecule has 0 saturated heterocycles. The van der Waals surface area contributed by atoms with Crippen molar-refractivity contribution >= 4 is 5.57 Å². The predicted octanol–water partition coefficient (Wildman–Crippen LogP) is 0.801. The first-order valence-electron chi connectivity index (χ1n) is 3.54. The summed E-state index contributed by atoms with van der Waals surface area (Å²) in [6.45, 7) is 0. The van der Waals surface area contributed by atoms with Crippen molar-refractivity contribution < 1.29 is 0 Å². The molecular weight excluding hydrogens is 178 g/mol. The molecule has 0 aliphatic carbocycles. The fourth-order valence-corrected chi connectivity index (χ4v) is 0.806. The highest BCUT2D eigenvalue weighted by atomic mass is 14.8. The third kappa shape index (κ3) is 1.72. The Morgan fingerprint density at radius 3 is 2.21 bits per heavy atom. The van der Waals surface area contributed by atoms with Crippen LogP contribution in [-0.4, -0.2) is 9.97 Å². The Balaban J connectivity index is 3.36. The van der Waals surface area contributed by atoms with Crippen molar-refractivity contribution in [2.24, 2.45) is 0 Å². The quantitative estimate of drug-likeness (QED) is 0.597. The molecule has 0 spiro atoms. The van der Waals surface area contributed by atoms with Crippen molar-refractivity contribution in [3.8, 4) is 18.2 Å². The molecule has 1 heterocycles. The van der Waals surface area contributed by atoms with E-state index in [0.29, 0.717) is 0 Å². The standard InChI is InChI=1S/C9H3N5/c10-3-7(4-11)8(5-12)9-6-13-1-2-14-9/h1-2,6H. The zero-order valence-electron chi connectivity index (χ0n) is 6.97. The maximum Gasteiger partial charge on any atom is 0.149 e. The third-order valence-corrected chi connectivity index (χ3v) is 1.40. The van der Waals surface area contributed by atoms with Gasteiger partial charge in [-0.3, -0.25) is 9.97 Å². The molecule has 0 unspecified atom stereocenters. The van der Waals surface area contributed by atoms with E-state index in [4.69, 9.17) is 15.8 Å². The van der Waals surface area contributed by atoms with Gasteiger partial charge in [-0.2, -0.15) is 15.8 Å². The minimum Gasteiger partial charge on any atom is -0.261 e. The highest BCUT2D eigenvalue weighted by Gasteiger charge is 2.09. The molecule has 0 aliphatic heterocycles. The van der Waals surface area contributed by atoms with Gasteiger partial charge in [0.25, 0.3) is 0 Å². The Labute approximate surface area is 80.2 Å². The Morgan fingerprint density at radius 2 is 1.79 bits per heavy atom. The van der Waals surface area contributed by atoms with E-state index in [0.717, 1.165) is 0 Å². The minimum atomic E-state index is -0.256. The SMILES string of the molecule is N#CC(C#N)=C(C#N)c1cnccn1. The largest absolute Gasteiger partial charge is 0.261 e. The maximum absolute atomic E-state index is 8.73. The molecule has 1 aromatic rings. The van der Waals surface area contributed by atoms with Crippen LogP contribution in [0.5, 0.6) is 0 Å². The van der Waals surface area contributed by atoms with E-state index in [-0.39, 0.29) is 16.8 Å². The molecule has 0 aromatic carbocycles. The Kier molecular flexibility index (Phi) is 2.91. The lowest BCUT2D eigenvalue weighted by atomic mass is 10.1.